The quantitative estimate of drug-likeness (QED) is 0.807. The minimum Gasteiger partial charge on any atom is -0.490 e. The van der Waals surface area contributed by atoms with Crippen molar-refractivity contribution in [2.24, 2.45) is 0 Å². The smallest absolute Gasteiger partial charge is 0.306 e. The molecule has 0 unspecified atom stereocenters. The van der Waals surface area contributed by atoms with Crippen LogP contribution in [0.25, 0.3) is 5.57 Å². The maximum atomic E-state index is 10.5. The number of ether oxygens (including phenoxy) is 2. The van der Waals surface area contributed by atoms with Crippen molar-refractivity contribution >= 4 is 11.5 Å². The van der Waals surface area contributed by atoms with Crippen LogP contribution in [0.2, 0.25) is 0 Å². The number of rotatable bonds is 7. The Morgan fingerprint density at radius 1 is 1.33 bits per heavy atom. The van der Waals surface area contributed by atoms with Crippen molar-refractivity contribution in [3.63, 3.8) is 0 Å². The fraction of sp³-hybridized carbons (Fsp3) is 0.438. The van der Waals surface area contributed by atoms with Gasteiger partial charge in [0.2, 0.25) is 0 Å². The van der Waals surface area contributed by atoms with Gasteiger partial charge >= 0.3 is 5.97 Å². The van der Waals surface area contributed by atoms with E-state index in [9.17, 15) is 4.79 Å². The fourth-order valence-corrected chi connectivity index (χ4v) is 2.23. The fourth-order valence-electron chi connectivity index (χ4n) is 2.23. The second-order valence-corrected chi connectivity index (χ2v) is 4.77. The highest BCUT2D eigenvalue weighted by molar-refractivity contribution is 5.69. The summed E-state index contributed by atoms with van der Waals surface area (Å²) in [6.07, 6.45) is 3.15. The highest BCUT2D eigenvalue weighted by Crippen LogP contribution is 2.32. The first-order valence-corrected chi connectivity index (χ1v) is 7.22. The third kappa shape index (κ3) is 4.49. The summed E-state index contributed by atoms with van der Waals surface area (Å²) in [5.74, 6) is 0.389. The van der Waals surface area contributed by atoms with Gasteiger partial charge in [-0.2, -0.15) is 0 Å². The van der Waals surface area contributed by atoms with E-state index in [2.05, 4.69) is 11.4 Å². The van der Waals surface area contributed by atoms with E-state index in [1.54, 1.807) is 0 Å². The molecule has 114 valence electrons. The van der Waals surface area contributed by atoms with Gasteiger partial charge in [-0.1, -0.05) is 12.1 Å². The summed E-state index contributed by atoms with van der Waals surface area (Å²) in [5.41, 5.74) is 2.43. The Bertz CT molecular complexity index is 525. The van der Waals surface area contributed by atoms with Crippen LogP contribution >= 0.6 is 0 Å². The molecule has 1 aliphatic heterocycles. The molecular formula is C16H21NO4. The van der Waals surface area contributed by atoms with Crippen LogP contribution in [-0.2, 0) is 4.79 Å². The summed E-state index contributed by atoms with van der Waals surface area (Å²) in [7, 11) is 0. The molecule has 0 aromatic heterocycles. The molecule has 5 nitrogen and oxygen atoms in total. The van der Waals surface area contributed by atoms with Crippen LogP contribution in [0, 0.1) is 0 Å². The number of nitrogens with one attached hydrogen (secondary N) is 1. The summed E-state index contributed by atoms with van der Waals surface area (Å²) < 4.78 is 11.1. The van der Waals surface area contributed by atoms with Crippen molar-refractivity contribution in [2.75, 3.05) is 26.3 Å². The van der Waals surface area contributed by atoms with Gasteiger partial charge in [-0.25, -0.2) is 0 Å². The molecule has 1 aliphatic rings. The van der Waals surface area contributed by atoms with E-state index in [1.165, 1.54) is 5.57 Å². The van der Waals surface area contributed by atoms with E-state index in [1.807, 2.05) is 25.1 Å². The molecule has 2 N–H and O–H groups in total. The van der Waals surface area contributed by atoms with Crippen LogP contribution in [0.1, 0.15) is 25.3 Å². The van der Waals surface area contributed by atoms with E-state index in [0.717, 1.165) is 25.1 Å². The summed E-state index contributed by atoms with van der Waals surface area (Å²) in [6, 6.07) is 5.82. The zero-order valence-electron chi connectivity index (χ0n) is 12.2. The van der Waals surface area contributed by atoms with Gasteiger partial charge in [0.25, 0.3) is 0 Å². The lowest BCUT2D eigenvalue weighted by atomic mass is 10.00. The van der Waals surface area contributed by atoms with Crippen LogP contribution in [0.15, 0.2) is 24.3 Å². The lowest BCUT2D eigenvalue weighted by Gasteiger charge is -2.17. The van der Waals surface area contributed by atoms with Crippen molar-refractivity contribution in [1.29, 1.82) is 0 Å². The maximum Gasteiger partial charge on any atom is 0.306 e. The van der Waals surface area contributed by atoms with Gasteiger partial charge < -0.3 is 19.9 Å². The number of hydrogen-bond donors (Lipinski definition) is 2. The van der Waals surface area contributed by atoms with Crippen molar-refractivity contribution in [1.82, 2.24) is 5.32 Å². The topological polar surface area (TPSA) is 67.8 Å². The molecule has 0 bridgehead atoms. The number of benzene rings is 1. The summed E-state index contributed by atoms with van der Waals surface area (Å²) >= 11 is 0. The van der Waals surface area contributed by atoms with Crippen molar-refractivity contribution in [2.45, 2.75) is 19.8 Å². The highest BCUT2D eigenvalue weighted by Gasteiger charge is 2.11. The third-order valence-electron chi connectivity index (χ3n) is 3.25. The minimum absolute atomic E-state index is 0.0237. The van der Waals surface area contributed by atoms with Crippen LogP contribution < -0.4 is 14.8 Å². The summed E-state index contributed by atoms with van der Waals surface area (Å²) in [5, 5.41) is 11.9. The van der Waals surface area contributed by atoms with Gasteiger partial charge in [-0.15, -0.1) is 0 Å². The Labute approximate surface area is 124 Å². The van der Waals surface area contributed by atoms with Gasteiger partial charge in [0.05, 0.1) is 19.6 Å². The minimum atomic E-state index is -0.871. The van der Waals surface area contributed by atoms with E-state index in [4.69, 9.17) is 14.6 Å². The first kappa shape index (κ1) is 15.4. The second kappa shape index (κ2) is 7.69. The van der Waals surface area contributed by atoms with Crippen LogP contribution in [0.4, 0.5) is 0 Å². The Kier molecular flexibility index (Phi) is 5.63. The molecule has 0 radical (unpaired) electrons. The van der Waals surface area contributed by atoms with E-state index in [0.29, 0.717) is 18.1 Å². The molecule has 0 fully saturated rings. The Balaban J connectivity index is 2.13. The number of carboxylic acid groups (broad SMARTS) is 1. The van der Waals surface area contributed by atoms with Crippen molar-refractivity contribution in [3.05, 3.63) is 29.8 Å². The predicted molar refractivity (Wildman–Crippen MR) is 80.8 cm³/mol. The van der Waals surface area contributed by atoms with Gasteiger partial charge in [-0.05, 0) is 43.2 Å². The number of carbonyl (C=O) groups is 1. The first-order chi connectivity index (χ1) is 10.2. The molecule has 0 spiro atoms. The Morgan fingerprint density at radius 3 is 2.86 bits per heavy atom. The summed E-state index contributed by atoms with van der Waals surface area (Å²) in [6.45, 7) is 4.46. The molecule has 5 heteroatoms. The normalized spacial score (nSPS) is 14.4. The second-order valence-electron chi connectivity index (χ2n) is 4.77. The lowest BCUT2D eigenvalue weighted by molar-refractivity contribution is -0.137. The molecule has 1 aromatic rings. The molecule has 2 rings (SSSR count). The monoisotopic (exact) mass is 291 g/mol. The molecule has 0 atom stereocenters. The largest absolute Gasteiger partial charge is 0.490 e. The molecule has 0 amide bonds. The van der Waals surface area contributed by atoms with Gasteiger partial charge in [0.15, 0.2) is 11.5 Å². The Hall–Kier alpha value is -2.01. The van der Waals surface area contributed by atoms with Crippen LogP contribution in [0.5, 0.6) is 11.5 Å². The van der Waals surface area contributed by atoms with Gasteiger partial charge in [0, 0.05) is 6.54 Å². The average Bonchev–Trinajstić information content (AvgIpc) is 2.49. The number of hydrogen-bond acceptors (Lipinski definition) is 4. The van der Waals surface area contributed by atoms with Crippen molar-refractivity contribution in [3.8, 4) is 11.5 Å². The average molecular weight is 291 g/mol. The molecule has 0 saturated carbocycles. The molecular weight excluding hydrogens is 270 g/mol. The first-order valence-electron chi connectivity index (χ1n) is 7.22. The zero-order chi connectivity index (χ0) is 15.1. The standard InChI is InChI=1S/C16H21NO4/c1-2-20-15-11-13(12-5-8-17-9-6-12)3-4-14(15)21-10-7-16(18)19/h3-5,11,17H,2,6-10H2,1H3,(H,18,19). The van der Waals surface area contributed by atoms with Gasteiger partial charge in [0.1, 0.15) is 0 Å². The predicted octanol–water partition coefficient (Wildman–Crippen LogP) is 2.32. The SMILES string of the molecule is CCOc1cc(C2=CCNCC2)ccc1OCCC(=O)O. The summed E-state index contributed by atoms with van der Waals surface area (Å²) in [4.78, 5) is 10.5. The lowest BCUT2D eigenvalue weighted by Crippen LogP contribution is -2.20. The molecule has 0 aliphatic carbocycles. The highest BCUT2D eigenvalue weighted by atomic mass is 16.5. The van der Waals surface area contributed by atoms with Crippen molar-refractivity contribution < 1.29 is 19.4 Å². The van der Waals surface area contributed by atoms with Crippen LogP contribution in [-0.4, -0.2) is 37.4 Å². The van der Waals surface area contributed by atoms with Gasteiger partial charge in [-0.3, -0.25) is 4.79 Å². The van der Waals surface area contributed by atoms with E-state index < -0.39 is 5.97 Å². The molecule has 21 heavy (non-hydrogen) atoms. The zero-order valence-corrected chi connectivity index (χ0v) is 12.2. The Morgan fingerprint density at radius 2 is 2.19 bits per heavy atom. The third-order valence-corrected chi connectivity index (χ3v) is 3.25. The van der Waals surface area contributed by atoms with Crippen LogP contribution in [0.3, 0.4) is 0 Å². The number of aliphatic carboxylic acids is 1. The maximum absolute atomic E-state index is 10.5. The molecule has 1 aromatic carbocycles. The van der Waals surface area contributed by atoms with E-state index >= 15 is 0 Å². The molecule has 1 heterocycles. The van der Waals surface area contributed by atoms with E-state index in [-0.39, 0.29) is 13.0 Å². The number of carboxylic acids is 1. The molecule has 0 saturated heterocycles.